The third kappa shape index (κ3) is 8.68. The molecule has 0 unspecified atom stereocenters. The summed E-state index contributed by atoms with van der Waals surface area (Å²) < 4.78 is 10.5. The number of benzene rings is 2. The SMILES string of the molecule is COc1cc(Sc2ccc(C)cc2)c(OC)cc1[N+]#N.[Cl-].[Cl-].[Cl-].[Cl-].[Zn+2]. The van der Waals surface area contributed by atoms with E-state index < -0.39 is 0 Å². The molecule has 0 aliphatic carbocycles. The summed E-state index contributed by atoms with van der Waals surface area (Å²) >= 11 is 1.57. The van der Waals surface area contributed by atoms with Crippen molar-refractivity contribution in [1.82, 2.24) is 0 Å². The van der Waals surface area contributed by atoms with Gasteiger partial charge in [0.15, 0.2) is 4.98 Å². The van der Waals surface area contributed by atoms with E-state index in [1.807, 2.05) is 0 Å². The number of halogens is 4. The molecule has 0 spiro atoms. The molecule has 0 saturated heterocycles. The second kappa shape index (κ2) is 15.8. The third-order valence-electron chi connectivity index (χ3n) is 2.82. The monoisotopic (exact) mass is 491 g/mol. The summed E-state index contributed by atoms with van der Waals surface area (Å²) in [6, 6.07) is 11.7. The van der Waals surface area contributed by atoms with Gasteiger partial charge >= 0.3 is 25.2 Å². The smallest absolute Gasteiger partial charge is 1.00 e. The Kier molecular flexibility index (Phi) is 20.4. The molecule has 134 valence electrons. The number of ether oxygens (including phenoxy) is 2. The number of rotatable bonds is 4. The zero-order chi connectivity index (χ0) is 14.5. The van der Waals surface area contributed by atoms with Crippen molar-refractivity contribution < 1.29 is 78.6 Å². The van der Waals surface area contributed by atoms with Gasteiger partial charge in [0, 0.05) is 11.0 Å². The Morgan fingerprint density at radius 2 is 1.40 bits per heavy atom. The van der Waals surface area contributed by atoms with Crippen molar-refractivity contribution in [2.45, 2.75) is 16.7 Å². The predicted octanol–water partition coefficient (Wildman–Crippen LogP) is -7.34. The summed E-state index contributed by atoms with van der Waals surface area (Å²) in [6.45, 7) is 2.05. The van der Waals surface area contributed by atoms with Crippen molar-refractivity contribution in [3.63, 3.8) is 0 Å². The Hall–Kier alpha value is -0.407. The minimum atomic E-state index is 0. The predicted molar refractivity (Wildman–Crippen MR) is 79.6 cm³/mol. The van der Waals surface area contributed by atoms with Crippen molar-refractivity contribution in [1.29, 1.82) is 5.39 Å². The summed E-state index contributed by atoms with van der Waals surface area (Å²) in [5.41, 5.74) is 1.56. The topological polar surface area (TPSA) is 46.6 Å². The molecule has 0 aromatic heterocycles. The van der Waals surface area contributed by atoms with Crippen LogP contribution in [-0.4, -0.2) is 14.2 Å². The largest absolute Gasteiger partial charge is 2.00 e. The van der Waals surface area contributed by atoms with Crippen LogP contribution in [0.25, 0.3) is 4.98 Å². The minimum absolute atomic E-state index is 0. The average molecular weight is 495 g/mol. The molecule has 2 aromatic carbocycles. The van der Waals surface area contributed by atoms with Gasteiger partial charge in [0.2, 0.25) is 11.1 Å². The van der Waals surface area contributed by atoms with Crippen LogP contribution >= 0.6 is 11.8 Å². The Morgan fingerprint density at radius 3 is 1.84 bits per heavy atom. The molecule has 0 heterocycles. The Morgan fingerprint density at radius 1 is 0.880 bits per heavy atom. The second-order valence-corrected chi connectivity index (χ2v) is 5.31. The van der Waals surface area contributed by atoms with E-state index in [2.05, 4.69) is 36.2 Å². The van der Waals surface area contributed by atoms with E-state index in [-0.39, 0.29) is 69.1 Å². The number of hydrogen-bond donors (Lipinski definition) is 0. The van der Waals surface area contributed by atoms with E-state index in [1.165, 1.54) is 12.7 Å². The molecule has 2 rings (SSSR count). The Labute approximate surface area is 189 Å². The average Bonchev–Trinajstić information content (AvgIpc) is 2.49. The molecule has 25 heavy (non-hydrogen) atoms. The van der Waals surface area contributed by atoms with Crippen molar-refractivity contribution in [3.05, 3.63) is 46.9 Å². The molecule has 0 radical (unpaired) electrons. The van der Waals surface area contributed by atoms with Crippen LogP contribution in [0, 0.1) is 12.3 Å². The number of methoxy groups -OCH3 is 2. The van der Waals surface area contributed by atoms with Gasteiger partial charge in [-0.2, -0.15) is 0 Å². The van der Waals surface area contributed by atoms with E-state index in [0.29, 0.717) is 17.2 Å². The van der Waals surface area contributed by atoms with Gasteiger partial charge in [-0.05, 0) is 19.1 Å². The quantitative estimate of drug-likeness (QED) is 0.313. The maximum atomic E-state index is 8.96. The third-order valence-corrected chi connectivity index (χ3v) is 3.87. The Bertz CT molecular complexity index is 670. The molecule has 0 N–H and O–H groups in total. The van der Waals surface area contributed by atoms with E-state index in [9.17, 15) is 0 Å². The number of nitrogens with zero attached hydrogens (tertiary/aromatic N) is 2. The zero-order valence-corrected chi connectivity index (χ0v) is 20.6. The van der Waals surface area contributed by atoms with E-state index >= 15 is 0 Å². The van der Waals surface area contributed by atoms with Crippen LogP contribution in [0.3, 0.4) is 0 Å². The molecule has 4 nitrogen and oxygen atoms in total. The number of diazo groups is 1. The van der Waals surface area contributed by atoms with Gasteiger partial charge in [-0.25, -0.2) is 0 Å². The molecule has 0 amide bonds. The van der Waals surface area contributed by atoms with Crippen LogP contribution in [0.5, 0.6) is 11.5 Å². The van der Waals surface area contributed by atoms with Crippen LogP contribution in [0.1, 0.15) is 5.56 Å². The Balaban J connectivity index is -0.000000441. The molecule has 0 aliphatic rings. The van der Waals surface area contributed by atoms with Crippen LogP contribution in [0.4, 0.5) is 5.69 Å². The van der Waals surface area contributed by atoms with Gasteiger partial charge in [-0.1, -0.05) is 29.5 Å². The van der Waals surface area contributed by atoms with Gasteiger partial charge < -0.3 is 59.1 Å². The van der Waals surface area contributed by atoms with Crippen LogP contribution < -0.4 is 59.1 Å². The molecule has 2 aromatic rings. The first-order valence-corrected chi connectivity index (χ1v) is 6.85. The van der Waals surface area contributed by atoms with Gasteiger partial charge in [0.1, 0.15) is 5.75 Å². The molecule has 0 atom stereocenters. The van der Waals surface area contributed by atoms with Crippen molar-refractivity contribution in [3.8, 4) is 11.5 Å². The molecule has 0 bridgehead atoms. The maximum absolute atomic E-state index is 8.96. The fourth-order valence-electron chi connectivity index (χ4n) is 1.74. The fourth-order valence-corrected chi connectivity index (χ4v) is 2.68. The van der Waals surface area contributed by atoms with Crippen LogP contribution in [0.2, 0.25) is 0 Å². The first kappa shape index (κ1) is 32.3. The van der Waals surface area contributed by atoms with Crippen LogP contribution in [-0.2, 0) is 19.5 Å². The standard InChI is InChI=1S/C15H15N2O2S.4ClH.Zn/c1-10-4-6-11(7-5-10)20-15-9-13(18-2)12(17-16)8-14(15)19-3;;;;;/h4-9H,1-3H3;4*1H;/q+1;;;;;+2/p-4. The summed E-state index contributed by atoms with van der Waals surface area (Å²) in [4.78, 5) is 5.20. The fraction of sp³-hybridized carbons (Fsp3) is 0.200. The molecular weight excluding hydrogens is 479 g/mol. The van der Waals surface area contributed by atoms with E-state index in [0.717, 1.165) is 9.79 Å². The van der Waals surface area contributed by atoms with E-state index in [4.69, 9.17) is 14.9 Å². The first-order valence-electron chi connectivity index (χ1n) is 6.03. The normalized spacial score (nSPS) is 7.92. The van der Waals surface area contributed by atoms with Gasteiger partial charge in [-0.15, -0.1) is 0 Å². The number of aryl methyl sites for hydroxylation is 1. The van der Waals surface area contributed by atoms with Crippen LogP contribution in [0.15, 0.2) is 46.2 Å². The van der Waals surface area contributed by atoms with Gasteiger partial charge in [0.25, 0.3) is 0 Å². The van der Waals surface area contributed by atoms with Crippen molar-refractivity contribution >= 4 is 17.4 Å². The summed E-state index contributed by atoms with van der Waals surface area (Å²) in [5.74, 6) is 1.15. The van der Waals surface area contributed by atoms with Gasteiger partial charge in [-0.3, -0.25) is 0 Å². The summed E-state index contributed by atoms with van der Waals surface area (Å²) in [7, 11) is 3.12. The molecule has 10 heteroatoms. The molecule has 0 saturated carbocycles. The van der Waals surface area contributed by atoms with E-state index in [1.54, 1.807) is 31.0 Å². The summed E-state index contributed by atoms with van der Waals surface area (Å²) in [6.07, 6.45) is 0. The first-order chi connectivity index (χ1) is 9.67. The molecule has 0 fully saturated rings. The minimum Gasteiger partial charge on any atom is -1.00 e. The second-order valence-electron chi connectivity index (χ2n) is 4.19. The zero-order valence-electron chi connectivity index (χ0n) is 13.8. The summed E-state index contributed by atoms with van der Waals surface area (Å²) in [5, 5.41) is 8.96. The van der Waals surface area contributed by atoms with Crippen molar-refractivity contribution in [2.75, 3.05) is 14.2 Å². The number of hydrogen-bond acceptors (Lipinski definition) is 4. The van der Waals surface area contributed by atoms with Crippen molar-refractivity contribution in [2.24, 2.45) is 0 Å². The molecule has 0 aliphatic heterocycles. The van der Waals surface area contributed by atoms with Gasteiger partial charge in [0.05, 0.1) is 25.2 Å². The maximum Gasteiger partial charge on any atom is 2.00 e. The molecular formula is C15H15Cl4N2O2SZn-.